The van der Waals surface area contributed by atoms with Gasteiger partial charge in [0.1, 0.15) is 5.75 Å². The quantitative estimate of drug-likeness (QED) is 0.664. The normalized spacial score (nSPS) is 10.5. The maximum absolute atomic E-state index is 13.0. The summed E-state index contributed by atoms with van der Waals surface area (Å²) in [5, 5.41) is 12.3. The first-order valence-electron chi connectivity index (χ1n) is 8.98. The maximum Gasteiger partial charge on any atom is 0.337 e. The van der Waals surface area contributed by atoms with Gasteiger partial charge in [-0.25, -0.2) is 4.79 Å². The number of ether oxygens (including phenoxy) is 1. The molecule has 0 unspecified atom stereocenters. The highest BCUT2D eigenvalue weighted by molar-refractivity contribution is 6.07. The van der Waals surface area contributed by atoms with Crippen LogP contribution < -0.4 is 10.1 Å². The molecule has 0 aliphatic rings. The Labute approximate surface area is 163 Å². The van der Waals surface area contributed by atoms with Crippen molar-refractivity contribution < 1.29 is 19.4 Å². The number of aromatic carboxylic acids is 1. The highest BCUT2D eigenvalue weighted by Gasteiger charge is 2.20. The lowest BCUT2D eigenvalue weighted by Crippen LogP contribution is -2.16. The highest BCUT2D eigenvalue weighted by atomic mass is 16.5. The summed E-state index contributed by atoms with van der Waals surface area (Å²) in [6.45, 7) is 5.99. The first kappa shape index (κ1) is 19.2. The fourth-order valence-corrected chi connectivity index (χ4v) is 3.24. The van der Waals surface area contributed by atoms with E-state index in [0.717, 1.165) is 5.69 Å². The summed E-state index contributed by atoms with van der Waals surface area (Å²) in [7, 11) is 0. The van der Waals surface area contributed by atoms with E-state index >= 15 is 0 Å². The first-order chi connectivity index (χ1) is 13.4. The summed E-state index contributed by atoms with van der Waals surface area (Å²) in [5.74, 6) is -0.598. The SMILES string of the molecule is CCOc1cccc(NC(=O)c2ccccc2-n2c(C)cc(C(=O)O)c2C)c1. The van der Waals surface area contributed by atoms with Crippen LogP contribution in [-0.2, 0) is 0 Å². The van der Waals surface area contributed by atoms with Crippen LogP contribution >= 0.6 is 0 Å². The van der Waals surface area contributed by atoms with Crippen molar-refractivity contribution in [2.75, 3.05) is 11.9 Å². The fraction of sp³-hybridized carbons (Fsp3) is 0.182. The van der Waals surface area contributed by atoms with E-state index in [9.17, 15) is 14.7 Å². The number of aromatic nitrogens is 1. The number of amides is 1. The van der Waals surface area contributed by atoms with Crippen LogP contribution in [-0.4, -0.2) is 28.2 Å². The summed E-state index contributed by atoms with van der Waals surface area (Å²) in [6, 6.07) is 15.9. The molecular formula is C22H22N2O4. The molecule has 144 valence electrons. The molecule has 6 nitrogen and oxygen atoms in total. The minimum Gasteiger partial charge on any atom is -0.494 e. The number of aryl methyl sites for hydroxylation is 1. The Morgan fingerprint density at radius 3 is 2.46 bits per heavy atom. The molecule has 6 heteroatoms. The summed E-state index contributed by atoms with van der Waals surface area (Å²) in [5.41, 5.74) is 3.23. The molecule has 0 aliphatic heterocycles. The zero-order chi connectivity index (χ0) is 20.3. The Morgan fingerprint density at radius 1 is 1.04 bits per heavy atom. The smallest absolute Gasteiger partial charge is 0.337 e. The number of carboxylic acids is 1. The van der Waals surface area contributed by atoms with Gasteiger partial charge in [0, 0.05) is 23.1 Å². The standard InChI is InChI=1S/C22H22N2O4/c1-4-28-17-9-7-8-16(13-17)23-21(25)18-10-5-6-11-20(18)24-14(2)12-19(15(24)3)22(26)27/h5-13H,4H2,1-3H3,(H,23,25)(H,26,27). The molecule has 1 heterocycles. The van der Waals surface area contributed by atoms with Gasteiger partial charge in [0.05, 0.1) is 23.4 Å². The van der Waals surface area contributed by atoms with Gasteiger partial charge in [-0.3, -0.25) is 4.79 Å². The largest absolute Gasteiger partial charge is 0.494 e. The number of hydrogen-bond donors (Lipinski definition) is 2. The third kappa shape index (κ3) is 3.76. The second-order valence-corrected chi connectivity index (χ2v) is 6.36. The zero-order valence-electron chi connectivity index (χ0n) is 16.0. The van der Waals surface area contributed by atoms with Gasteiger partial charge in [0.25, 0.3) is 5.91 Å². The zero-order valence-corrected chi connectivity index (χ0v) is 16.0. The number of rotatable bonds is 6. The second kappa shape index (κ2) is 8.00. The van der Waals surface area contributed by atoms with Gasteiger partial charge in [-0.1, -0.05) is 18.2 Å². The van der Waals surface area contributed by atoms with E-state index in [2.05, 4.69) is 5.32 Å². The molecule has 0 aliphatic carbocycles. The molecule has 0 bridgehead atoms. The number of para-hydroxylation sites is 1. The van der Waals surface area contributed by atoms with Crippen LogP contribution in [0.3, 0.4) is 0 Å². The van der Waals surface area contributed by atoms with E-state index in [1.165, 1.54) is 0 Å². The minimum atomic E-state index is -0.992. The summed E-state index contributed by atoms with van der Waals surface area (Å²) in [6.07, 6.45) is 0. The Balaban J connectivity index is 1.98. The molecule has 1 amide bonds. The number of anilines is 1. The lowest BCUT2D eigenvalue weighted by molar-refractivity contribution is 0.0696. The average Bonchev–Trinajstić information content (AvgIpc) is 2.97. The van der Waals surface area contributed by atoms with E-state index in [4.69, 9.17) is 4.74 Å². The van der Waals surface area contributed by atoms with Gasteiger partial charge >= 0.3 is 5.97 Å². The molecule has 0 saturated heterocycles. The predicted octanol–water partition coefficient (Wildman–Crippen LogP) is 4.44. The lowest BCUT2D eigenvalue weighted by atomic mass is 10.1. The molecule has 0 spiro atoms. The van der Waals surface area contributed by atoms with E-state index in [1.807, 2.05) is 32.0 Å². The van der Waals surface area contributed by atoms with Crippen LogP contribution in [0.5, 0.6) is 5.75 Å². The predicted molar refractivity (Wildman–Crippen MR) is 108 cm³/mol. The molecular weight excluding hydrogens is 356 g/mol. The number of carbonyl (C=O) groups is 2. The van der Waals surface area contributed by atoms with Crippen LogP contribution in [0.15, 0.2) is 54.6 Å². The van der Waals surface area contributed by atoms with Gasteiger partial charge in [0.2, 0.25) is 0 Å². The Morgan fingerprint density at radius 2 is 1.79 bits per heavy atom. The highest BCUT2D eigenvalue weighted by Crippen LogP contribution is 2.25. The van der Waals surface area contributed by atoms with Gasteiger partial charge in [-0.2, -0.15) is 0 Å². The van der Waals surface area contributed by atoms with Gasteiger partial charge in [-0.05, 0) is 51.1 Å². The van der Waals surface area contributed by atoms with Crippen molar-refractivity contribution in [1.82, 2.24) is 4.57 Å². The van der Waals surface area contributed by atoms with Crippen LogP contribution in [0, 0.1) is 13.8 Å². The molecule has 0 atom stereocenters. The first-order valence-corrected chi connectivity index (χ1v) is 8.98. The van der Waals surface area contributed by atoms with Crippen LogP contribution in [0.4, 0.5) is 5.69 Å². The lowest BCUT2D eigenvalue weighted by Gasteiger charge is -2.15. The average molecular weight is 378 g/mol. The van der Waals surface area contributed by atoms with Crippen LogP contribution in [0.25, 0.3) is 5.69 Å². The van der Waals surface area contributed by atoms with Crippen molar-refractivity contribution >= 4 is 17.6 Å². The van der Waals surface area contributed by atoms with E-state index in [0.29, 0.717) is 35.0 Å². The van der Waals surface area contributed by atoms with Crippen molar-refractivity contribution in [2.24, 2.45) is 0 Å². The summed E-state index contributed by atoms with van der Waals surface area (Å²) >= 11 is 0. The molecule has 2 N–H and O–H groups in total. The van der Waals surface area contributed by atoms with E-state index in [-0.39, 0.29) is 11.5 Å². The van der Waals surface area contributed by atoms with Crippen molar-refractivity contribution in [3.05, 3.63) is 77.1 Å². The molecule has 0 radical (unpaired) electrons. The number of carboxylic acid groups (broad SMARTS) is 1. The molecule has 0 saturated carbocycles. The number of carbonyl (C=O) groups excluding carboxylic acids is 1. The molecule has 28 heavy (non-hydrogen) atoms. The maximum atomic E-state index is 13.0. The number of hydrogen-bond acceptors (Lipinski definition) is 3. The third-order valence-electron chi connectivity index (χ3n) is 4.45. The summed E-state index contributed by atoms with van der Waals surface area (Å²) in [4.78, 5) is 24.4. The minimum absolute atomic E-state index is 0.220. The molecule has 2 aromatic carbocycles. The third-order valence-corrected chi connectivity index (χ3v) is 4.45. The number of nitrogens with one attached hydrogen (secondary N) is 1. The number of nitrogens with zero attached hydrogens (tertiary/aromatic N) is 1. The Hall–Kier alpha value is -3.54. The molecule has 3 aromatic rings. The van der Waals surface area contributed by atoms with Crippen molar-refractivity contribution in [3.8, 4) is 11.4 Å². The summed E-state index contributed by atoms with van der Waals surface area (Å²) < 4.78 is 7.26. The molecule has 0 fully saturated rings. The van der Waals surface area contributed by atoms with Gasteiger partial charge < -0.3 is 19.7 Å². The van der Waals surface area contributed by atoms with Gasteiger partial charge in [-0.15, -0.1) is 0 Å². The topological polar surface area (TPSA) is 80.6 Å². The van der Waals surface area contributed by atoms with Crippen molar-refractivity contribution in [2.45, 2.75) is 20.8 Å². The van der Waals surface area contributed by atoms with Crippen LogP contribution in [0.1, 0.15) is 39.0 Å². The van der Waals surface area contributed by atoms with E-state index < -0.39 is 5.97 Å². The monoisotopic (exact) mass is 378 g/mol. The Bertz CT molecular complexity index is 1040. The van der Waals surface area contributed by atoms with Crippen LogP contribution in [0.2, 0.25) is 0 Å². The van der Waals surface area contributed by atoms with Crippen molar-refractivity contribution in [1.29, 1.82) is 0 Å². The van der Waals surface area contributed by atoms with Gasteiger partial charge in [0.15, 0.2) is 0 Å². The Kier molecular flexibility index (Phi) is 5.49. The van der Waals surface area contributed by atoms with E-state index in [1.54, 1.807) is 47.9 Å². The fourth-order valence-electron chi connectivity index (χ4n) is 3.24. The molecule has 1 aromatic heterocycles. The van der Waals surface area contributed by atoms with Crippen molar-refractivity contribution in [3.63, 3.8) is 0 Å². The molecule has 3 rings (SSSR count). The number of benzene rings is 2. The second-order valence-electron chi connectivity index (χ2n) is 6.36.